The molecule has 22 heavy (non-hydrogen) atoms. The fourth-order valence-corrected chi connectivity index (χ4v) is 3.93. The SMILES string of the molecule is COc1ccccc1C1SCC(=O)N1c1ccc(Cl)c(Cl)c1. The summed E-state index contributed by atoms with van der Waals surface area (Å²) in [4.78, 5) is 14.1. The lowest BCUT2D eigenvalue weighted by molar-refractivity contribution is -0.115. The number of carbonyl (C=O) groups excluding carboxylic acids is 1. The standard InChI is InChI=1S/C16H13Cl2NO2S/c1-21-14-5-3-2-4-11(14)16-19(15(20)9-22-16)10-6-7-12(17)13(18)8-10/h2-8,16H,9H2,1H3. The lowest BCUT2D eigenvalue weighted by atomic mass is 10.1. The molecule has 1 heterocycles. The van der Waals surface area contributed by atoms with Crippen LogP contribution in [0.15, 0.2) is 42.5 Å². The minimum absolute atomic E-state index is 0.0410. The summed E-state index contributed by atoms with van der Waals surface area (Å²) in [7, 11) is 1.63. The smallest absolute Gasteiger partial charge is 0.238 e. The lowest BCUT2D eigenvalue weighted by Crippen LogP contribution is -2.28. The maximum absolute atomic E-state index is 12.3. The molecule has 3 nitrogen and oxygen atoms in total. The van der Waals surface area contributed by atoms with Crippen molar-refractivity contribution in [2.45, 2.75) is 5.37 Å². The highest BCUT2D eigenvalue weighted by molar-refractivity contribution is 8.00. The van der Waals surface area contributed by atoms with E-state index in [-0.39, 0.29) is 11.3 Å². The summed E-state index contributed by atoms with van der Waals surface area (Å²) in [5.41, 5.74) is 1.70. The van der Waals surface area contributed by atoms with Gasteiger partial charge in [0.15, 0.2) is 0 Å². The van der Waals surface area contributed by atoms with Crippen LogP contribution < -0.4 is 9.64 Å². The van der Waals surface area contributed by atoms with E-state index >= 15 is 0 Å². The quantitative estimate of drug-likeness (QED) is 0.794. The third-order valence-corrected chi connectivity index (χ3v) is 5.39. The summed E-state index contributed by atoms with van der Waals surface area (Å²) >= 11 is 13.6. The Morgan fingerprint density at radius 2 is 1.95 bits per heavy atom. The van der Waals surface area contributed by atoms with Gasteiger partial charge in [0.25, 0.3) is 0 Å². The minimum Gasteiger partial charge on any atom is -0.496 e. The van der Waals surface area contributed by atoms with Gasteiger partial charge in [0.2, 0.25) is 5.91 Å². The lowest BCUT2D eigenvalue weighted by Gasteiger charge is -2.25. The minimum atomic E-state index is -0.138. The Morgan fingerprint density at radius 3 is 2.68 bits per heavy atom. The Labute approximate surface area is 143 Å². The predicted molar refractivity (Wildman–Crippen MR) is 92.1 cm³/mol. The van der Waals surface area contributed by atoms with Crippen molar-refractivity contribution in [3.05, 3.63) is 58.1 Å². The van der Waals surface area contributed by atoms with Crippen LogP contribution in [0.2, 0.25) is 10.0 Å². The molecule has 1 aliphatic rings. The van der Waals surface area contributed by atoms with E-state index in [2.05, 4.69) is 0 Å². The van der Waals surface area contributed by atoms with Crippen LogP contribution in [0.1, 0.15) is 10.9 Å². The molecule has 2 aromatic rings. The van der Waals surface area contributed by atoms with Crippen molar-refractivity contribution in [3.8, 4) is 5.75 Å². The molecule has 0 saturated carbocycles. The summed E-state index contributed by atoms with van der Waals surface area (Å²) in [5.74, 6) is 1.22. The van der Waals surface area contributed by atoms with Gasteiger partial charge in [0, 0.05) is 11.3 Å². The van der Waals surface area contributed by atoms with Crippen molar-refractivity contribution in [2.24, 2.45) is 0 Å². The highest BCUT2D eigenvalue weighted by Crippen LogP contribution is 2.45. The number of thioether (sulfide) groups is 1. The van der Waals surface area contributed by atoms with Crippen molar-refractivity contribution < 1.29 is 9.53 Å². The summed E-state index contributed by atoms with van der Waals surface area (Å²) in [5, 5.41) is 0.766. The zero-order valence-electron chi connectivity index (χ0n) is 11.8. The monoisotopic (exact) mass is 353 g/mol. The van der Waals surface area contributed by atoms with E-state index in [9.17, 15) is 4.79 Å². The molecule has 6 heteroatoms. The topological polar surface area (TPSA) is 29.5 Å². The number of para-hydroxylation sites is 1. The molecule has 2 aromatic carbocycles. The largest absolute Gasteiger partial charge is 0.496 e. The van der Waals surface area contributed by atoms with Crippen LogP contribution >= 0.6 is 35.0 Å². The molecule has 0 aliphatic carbocycles. The molecule has 0 N–H and O–H groups in total. The first kappa shape index (κ1) is 15.5. The molecule has 1 unspecified atom stereocenters. The van der Waals surface area contributed by atoms with Gasteiger partial charge < -0.3 is 4.74 Å². The number of nitrogens with zero attached hydrogens (tertiary/aromatic N) is 1. The van der Waals surface area contributed by atoms with Crippen molar-refractivity contribution in [3.63, 3.8) is 0 Å². The highest BCUT2D eigenvalue weighted by atomic mass is 35.5. The van der Waals surface area contributed by atoms with Crippen LogP contribution in [0.25, 0.3) is 0 Å². The maximum Gasteiger partial charge on any atom is 0.238 e. The van der Waals surface area contributed by atoms with Crippen LogP contribution in [-0.2, 0) is 4.79 Å². The first-order valence-electron chi connectivity index (χ1n) is 6.63. The molecule has 1 atom stereocenters. The highest BCUT2D eigenvalue weighted by Gasteiger charge is 2.35. The first-order valence-corrected chi connectivity index (χ1v) is 8.44. The molecule has 3 rings (SSSR count). The predicted octanol–water partition coefficient (Wildman–Crippen LogP) is 4.78. The number of hydrogen-bond donors (Lipinski definition) is 0. The Balaban J connectivity index is 2.04. The molecule has 0 spiro atoms. The van der Waals surface area contributed by atoms with Crippen molar-refractivity contribution >= 4 is 46.6 Å². The molecule has 114 valence electrons. The van der Waals surface area contributed by atoms with Gasteiger partial charge in [-0.3, -0.25) is 9.69 Å². The molecule has 1 saturated heterocycles. The number of carbonyl (C=O) groups is 1. The van der Waals surface area contributed by atoms with Crippen molar-refractivity contribution in [1.82, 2.24) is 0 Å². The third kappa shape index (κ3) is 2.78. The van der Waals surface area contributed by atoms with E-state index in [1.54, 1.807) is 42.0 Å². The molecular formula is C16H13Cl2NO2S. The fourth-order valence-electron chi connectivity index (χ4n) is 2.44. The van der Waals surface area contributed by atoms with Gasteiger partial charge >= 0.3 is 0 Å². The van der Waals surface area contributed by atoms with Gasteiger partial charge in [-0.05, 0) is 24.3 Å². The second-order valence-electron chi connectivity index (χ2n) is 4.77. The van der Waals surface area contributed by atoms with Gasteiger partial charge in [-0.25, -0.2) is 0 Å². The first-order chi connectivity index (χ1) is 10.6. The number of anilines is 1. The number of methoxy groups -OCH3 is 1. The summed E-state index contributed by atoms with van der Waals surface area (Å²) in [6, 6.07) is 12.9. The van der Waals surface area contributed by atoms with Crippen molar-refractivity contribution in [1.29, 1.82) is 0 Å². The Hall–Kier alpha value is -1.36. The Bertz CT molecular complexity index is 723. The summed E-state index contributed by atoms with van der Waals surface area (Å²) in [6.07, 6.45) is 0. The summed E-state index contributed by atoms with van der Waals surface area (Å²) in [6.45, 7) is 0. The van der Waals surface area contributed by atoms with Gasteiger partial charge in [0.05, 0.1) is 22.9 Å². The number of rotatable bonds is 3. The molecular weight excluding hydrogens is 341 g/mol. The van der Waals surface area contributed by atoms with Crippen LogP contribution in [0.4, 0.5) is 5.69 Å². The zero-order chi connectivity index (χ0) is 15.7. The Morgan fingerprint density at radius 1 is 1.18 bits per heavy atom. The second kappa shape index (κ2) is 6.41. The normalized spacial score (nSPS) is 17.9. The number of halogens is 2. The number of amides is 1. The van der Waals surface area contributed by atoms with Crippen molar-refractivity contribution in [2.75, 3.05) is 17.8 Å². The maximum atomic E-state index is 12.3. The van der Waals surface area contributed by atoms with E-state index in [0.29, 0.717) is 15.8 Å². The molecule has 0 radical (unpaired) electrons. The molecule has 1 aliphatic heterocycles. The van der Waals surface area contributed by atoms with E-state index in [0.717, 1.165) is 17.0 Å². The van der Waals surface area contributed by atoms with E-state index in [1.807, 2.05) is 24.3 Å². The van der Waals surface area contributed by atoms with Gasteiger partial charge in [-0.15, -0.1) is 11.8 Å². The van der Waals surface area contributed by atoms with Crippen LogP contribution in [0.3, 0.4) is 0 Å². The Kier molecular flexibility index (Phi) is 4.52. The van der Waals surface area contributed by atoms with E-state index in [4.69, 9.17) is 27.9 Å². The van der Waals surface area contributed by atoms with Crippen LogP contribution in [-0.4, -0.2) is 18.8 Å². The van der Waals surface area contributed by atoms with E-state index < -0.39 is 0 Å². The van der Waals surface area contributed by atoms with E-state index in [1.165, 1.54) is 0 Å². The van der Waals surface area contributed by atoms with Gasteiger partial charge in [-0.1, -0.05) is 41.4 Å². The fraction of sp³-hybridized carbons (Fsp3) is 0.188. The second-order valence-corrected chi connectivity index (χ2v) is 6.65. The number of ether oxygens (including phenoxy) is 1. The summed E-state index contributed by atoms with van der Waals surface area (Å²) < 4.78 is 5.42. The molecule has 0 bridgehead atoms. The molecule has 0 aromatic heterocycles. The third-order valence-electron chi connectivity index (χ3n) is 3.45. The number of hydrogen-bond acceptors (Lipinski definition) is 3. The number of benzene rings is 2. The van der Waals surface area contributed by atoms with Crippen LogP contribution in [0, 0.1) is 0 Å². The van der Waals surface area contributed by atoms with Crippen LogP contribution in [0.5, 0.6) is 5.75 Å². The average Bonchev–Trinajstić information content (AvgIpc) is 2.91. The average molecular weight is 354 g/mol. The van der Waals surface area contributed by atoms with Gasteiger partial charge in [0.1, 0.15) is 11.1 Å². The molecule has 1 fully saturated rings. The van der Waals surface area contributed by atoms with Gasteiger partial charge in [-0.2, -0.15) is 0 Å². The molecule has 1 amide bonds. The zero-order valence-corrected chi connectivity index (χ0v) is 14.1.